The number of anilines is 1. The highest BCUT2D eigenvalue weighted by atomic mass is 16.6. The summed E-state index contributed by atoms with van der Waals surface area (Å²) in [6.45, 7) is 6.81. The van der Waals surface area contributed by atoms with E-state index in [-0.39, 0.29) is 30.9 Å². The van der Waals surface area contributed by atoms with E-state index in [0.29, 0.717) is 45.1 Å². The Balaban J connectivity index is 2.46. The zero-order valence-electron chi connectivity index (χ0n) is 20.6. The zero-order valence-corrected chi connectivity index (χ0v) is 20.6. The van der Waals surface area contributed by atoms with Crippen LogP contribution in [0.25, 0.3) is 0 Å². The summed E-state index contributed by atoms with van der Waals surface area (Å²) in [6, 6.07) is 6.24. The Bertz CT molecular complexity index is 744. The standard InChI is InChI=1S/C23H39N5O6/c1-17(2)21(24)22(30)26-15-20(29)27-19-7-5-18(6-8-19)16-34-23(31)28(12-14-33-4)11-9-25-10-13-32-3/h5-8,17,21,25H,9-16,24H2,1-4H3,(H,26,30)(H,27,29). The van der Waals surface area contributed by atoms with Gasteiger partial charge in [0.05, 0.1) is 25.8 Å². The molecule has 0 aliphatic carbocycles. The van der Waals surface area contributed by atoms with Gasteiger partial charge in [0.25, 0.3) is 0 Å². The van der Waals surface area contributed by atoms with Crippen LogP contribution in [0.1, 0.15) is 19.4 Å². The van der Waals surface area contributed by atoms with E-state index < -0.39 is 12.1 Å². The van der Waals surface area contributed by atoms with E-state index in [1.807, 2.05) is 13.8 Å². The predicted molar refractivity (Wildman–Crippen MR) is 129 cm³/mol. The van der Waals surface area contributed by atoms with E-state index >= 15 is 0 Å². The molecule has 34 heavy (non-hydrogen) atoms. The molecule has 1 atom stereocenters. The second-order valence-corrected chi connectivity index (χ2v) is 8.01. The molecule has 0 saturated heterocycles. The van der Waals surface area contributed by atoms with Gasteiger partial charge in [0.1, 0.15) is 6.61 Å². The number of rotatable bonds is 16. The lowest BCUT2D eigenvalue weighted by Gasteiger charge is -2.22. The third-order valence-corrected chi connectivity index (χ3v) is 4.91. The molecule has 0 saturated carbocycles. The first-order chi connectivity index (χ1) is 16.3. The fourth-order valence-electron chi connectivity index (χ4n) is 2.72. The second kappa shape index (κ2) is 16.8. The average Bonchev–Trinajstić information content (AvgIpc) is 2.83. The molecule has 0 aliphatic rings. The molecule has 0 bridgehead atoms. The first-order valence-corrected chi connectivity index (χ1v) is 11.3. The van der Waals surface area contributed by atoms with Gasteiger partial charge in [-0.1, -0.05) is 26.0 Å². The fourth-order valence-corrected chi connectivity index (χ4v) is 2.72. The van der Waals surface area contributed by atoms with Crippen LogP contribution in [0, 0.1) is 5.92 Å². The van der Waals surface area contributed by atoms with Crippen molar-refractivity contribution in [3.63, 3.8) is 0 Å². The summed E-state index contributed by atoms with van der Waals surface area (Å²) < 4.78 is 15.5. The van der Waals surface area contributed by atoms with E-state index in [9.17, 15) is 14.4 Å². The maximum absolute atomic E-state index is 12.5. The van der Waals surface area contributed by atoms with Gasteiger partial charge in [-0.2, -0.15) is 0 Å². The largest absolute Gasteiger partial charge is 0.445 e. The highest BCUT2D eigenvalue weighted by Crippen LogP contribution is 2.11. The van der Waals surface area contributed by atoms with Crippen LogP contribution in [0.15, 0.2) is 24.3 Å². The average molecular weight is 482 g/mol. The Morgan fingerprint density at radius 2 is 1.68 bits per heavy atom. The van der Waals surface area contributed by atoms with Crippen molar-refractivity contribution < 1.29 is 28.6 Å². The van der Waals surface area contributed by atoms with Crippen LogP contribution in [-0.2, 0) is 30.4 Å². The van der Waals surface area contributed by atoms with Crippen molar-refractivity contribution in [2.75, 3.05) is 65.5 Å². The molecule has 3 amide bonds. The third-order valence-electron chi connectivity index (χ3n) is 4.91. The molecule has 1 unspecified atom stereocenters. The Labute approximate surface area is 201 Å². The molecule has 5 N–H and O–H groups in total. The van der Waals surface area contributed by atoms with Crippen LogP contribution < -0.4 is 21.7 Å². The molecule has 0 radical (unpaired) electrons. The number of hydrogen-bond acceptors (Lipinski definition) is 8. The molecular weight excluding hydrogens is 442 g/mol. The van der Waals surface area contributed by atoms with Gasteiger partial charge >= 0.3 is 6.09 Å². The SMILES string of the molecule is COCCNCCN(CCOC)C(=O)OCc1ccc(NC(=O)CNC(=O)C(N)C(C)C)cc1. The van der Waals surface area contributed by atoms with Crippen LogP contribution in [0.2, 0.25) is 0 Å². The smallest absolute Gasteiger partial charge is 0.410 e. The third kappa shape index (κ3) is 11.9. The lowest BCUT2D eigenvalue weighted by atomic mass is 10.1. The molecule has 1 aromatic carbocycles. The molecule has 11 heteroatoms. The second-order valence-electron chi connectivity index (χ2n) is 8.01. The topological polar surface area (TPSA) is 144 Å². The van der Waals surface area contributed by atoms with Crippen LogP contribution in [0.3, 0.4) is 0 Å². The molecule has 0 heterocycles. The summed E-state index contributed by atoms with van der Waals surface area (Å²) in [5, 5.41) is 8.41. The van der Waals surface area contributed by atoms with Gasteiger partial charge in [-0.25, -0.2) is 4.79 Å². The molecular formula is C23H39N5O6. The van der Waals surface area contributed by atoms with E-state index in [1.54, 1.807) is 43.4 Å². The quantitative estimate of drug-likeness (QED) is 0.251. The number of hydrogen-bond donors (Lipinski definition) is 4. The molecule has 0 spiro atoms. The van der Waals surface area contributed by atoms with Crippen molar-refractivity contribution in [3.8, 4) is 0 Å². The van der Waals surface area contributed by atoms with Gasteiger partial charge < -0.3 is 40.8 Å². The van der Waals surface area contributed by atoms with Crippen LogP contribution in [0.5, 0.6) is 0 Å². The summed E-state index contributed by atoms with van der Waals surface area (Å²) in [7, 11) is 3.21. The minimum Gasteiger partial charge on any atom is -0.445 e. The van der Waals surface area contributed by atoms with Crippen molar-refractivity contribution in [2.45, 2.75) is 26.5 Å². The van der Waals surface area contributed by atoms with E-state index in [4.69, 9.17) is 19.9 Å². The highest BCUT2D eigenvalue weighted by Gasteiger charge is 2.18. The van der Waals surface area contributed by atoms with Gasteiger partial charge in [0, 0.05) is 46.1 Å². The summed E-state index contributed by atoms with van der Waals surface area (Å²) in [5.41, 5.74) is 7.08. The van der Waals surface area contributed by atoms with Gasteiger partial charge in [-0.05, 0) is 23.6 Å². The van der Waals surface area contributed by atoms with E-state index in [1.165, 1.54) is 0 Å². The Kier molecular flexibility index (Phi) is 14.5. The molecule has 0 fully saturated rings. The molecule has 0 aliphatic heterocycles. The number of carbonyl (C=O) groups is 3. The Hall–Kier alpha value is -2.73. The summed E-state index contributed by atoms with van der Waals surface area (Å²) >= 11 is 0. The highest BCUT2D eigenvalue weighted by molar-refractivity contribution is 5.95. The van der Waals surface area contributed by atoms with Crippen molar-refractivity contribution in [1.82, 2.24) is 15.5 Å². The minimum absolute atomic E-state index is 0.0191. The molecule has 1 rings (SSSR count). The maximum atomic E-state index is 12.5. The molecule has 0 aromatic heterocycles. The lowest BCUT2D eigenvalue weighted by molar-refractivity contribution is -0.125. The summed E-state index contributed by atoms with van der Waals surface area (Å²) in [5.74, 6) is -0.752. The van der Waals surface area contributed by atoms with Crippen molar-refractivity contribution in [3.05, 3.63) is 29.8 Å². The van der Waals surface area contributed by atoms with Crippen molar-refractivity contribution in [1.29, 1.82) is 0 Å². The van der Waals surface area contributed by atoms with E-state index in [2.05, 4.69) is 16.0 Å². The minimum atomic E-state index is -0.660. The fraction of sp³-hybridized carbons (Fsp3) is 0.609. The number of ether oxygens (including phenoxy) is 3. The normalized spacial score (nSPS) is 11.7. The van der Waals surface area contributed by atoms with Crippen LogP contribution in [-0.4, -0.2) is 89.0 Å². The summed E-state index contributed by atoms with van der Waals surface area (Å²) in [4.78, 5) is 37.9. The maximum Gasteiger partial charge on any atom is 0.410 e. The molecule has 192 valence electrons. The van der Waals surface area contributed by atoms with Crippen LogP contribution in [0.4, 0.5) is 10.5 Å². The number of methoxy groups -OCH3 is 2. The number of nitrogens with zero attached hydrogens (tertiary/aromatic N) is 1. The predicted octanol–water partition coefficient (Wildman–Crippen LogP) is 0.546. The van der Waals surface area contributed by atoms with Gasteiger partial charge in [-0.3, -0.25) is 9.59 Å². The van der Waals surface area contributed by atoms with Crippen molar-refractivity contribution in [2.24, 2.45) is 11.7 Å². The zero-order chi connectivity index (χ0) is 25.3. The summed E-state index contributed by atoms with van der Waals surface area (Å²) in [6.07, 6.45) is -0.432. The van der Waals surface area contributed by atoms with Crippen molar-refractivity contribution >= 4 is 23.6 Å². The van der Waals surface area contributed by atoms with E-state index in [0.717, 1.165) is 5.56 Å². The van der Waals surface area contributed by atoms with Crippen LogP contribution >= 0.6 is 0 Å². The van der Waals surface area contributed by atoms with Gasteiger partial charge in [0.2, 0.25) is 11.8 Å². The van der Waals surface area contributed by atoms with Gasteiger partial charge in [-0.15, -0.1) is 0 Å². The van der Waals surface area contributed by atoms with Gasteiger partial charge in [0.15, 0.2) is 0 Å². The molecule has 1 aromatic rings. The number of benzene rings is 1. The molecule has 11 nitrogen and oxygen atoms in total. The Morgan fingerprint density at radius 1 is 1.00 bits per heavy atom. The lowest BCUT2D eigenvalue weighted by Crippen LogP contribution is -2.46. The number of nitrogens with one attached hydrogen (secondary N) is 3. The first kappa shape index (κ1) is 29.3. The number of nitrogens with two attached hydrogens (primary N) is 1. The Morgan fingerprint density at radius 3 is 2.29 bits per heavy atom. The first-order valence-electron chi connectivity index (χ1n) is 11.3. The number of carbonyl (C=O) groups excluding carboxylic acids is 3. The number of amides is 3. The monoisotopic (exact) mass is 481 g/mol.